The third-order valence-corrected chi connectivity index (χ3v) is 3.84. The van der Waals surface area contributed by atoms with Gasteiger partial charge in [0.2, 0.25) is 0 Å². The number of hydrogen-bond donors (Lipinski definition) is 1. The number of hydrogen-bond acceptors (Lipinski definition) is 2. The molecule has 2 rings (SSSR count). The van der Waals surface area contributed by atoms with Crippen LogP contribution in [0.5, 0.6) is 0 Å². The Bertz CT molecular complexity index is 367. The van der Waals surface area contributed by atoms with E-state index >= 15 is 0 Å². The van der Waals surface area contributed by atoms with Gasteiger partial charge in [0.15, 0.2) is 0 Å². The molecular formula is C15H27N3. The van der Waals surface area contributed by atoms with Crippen molar-refractivity contribution in [1.29, 1.82) is 0 Å². The Kier molecular flexibility index (Phi) is 4.10. The second kappa shape index (κ2) is 5.43. The maximum atomic E-state index is 4.54. The summed E-state index contributed by atoms with van der Waals surface area (Å²) in [5.74, 6) is 0.902. The van der Waals surface area contributed by atoms with Crippen LogP contribution in [0.1, 0.15) is 65.0 Å². The minimum atomic E-state index is 0.169. The smallest absolute Gasteiger partial charge is 0.0534 e. The number of nitrogens with zero attached hydrogens (tertiary/aromatic N) is 2. The summed E-state index contributed by atoms with van der Waals surface area (Å²) in [7, 11) is 0. The fourth-order valence-corrected chi connectivity index (χ4v) is 2.54. The van der Waals surface area contributed by atoms with Crippen molar-refractivity contribution >= 4 is 0 Å². The predicted octanol–water partition coefficient (Wildman–Crippen LogP) is 3.52. The van der Waals surface area contributed by atoms with E-state index in [0.29, 0.717) is 6.04 Å². The Morgan fingerprint density at radius 3 is 2.56 bits per heavy atom. The van der Waals surface area contributed by atoms with Gasteiger partial charge in [-0.3, -0.25) is 4.68 Å². The first-order valence-electron chi connectivity index (χ1n) is 7.22. The molecule has 0 aliphatic heterocycles. The molecule has 18 heavy (non-hydrogen) atoms. The van der Waals surface area contributed by atoms with Gasteiger partial charge in [-0.05, 0) is 52.4 Å². The van der Waals surface area contributed by atoms with E-state index < -0.39 is 0 Å². The highest BCUT2D eigenvalue weighted by Gasteiger charge is 2.20. The van der Waals surface area contributed by atoms with Gasteiger partial charge in [-0.15, -0.1) is 0 Å². The zero-order valence-corrected chi connectivity index (χ0v) is 12.2. The van der Waals surface area contributed by atoms with Crippen molar-refractivity contribution in [2.75, 3.05) is 0 Å². The number of rotatable bonds is 3. The van der Waals surface area contributed by atoms with E-state index in [2.05, 4.69) is 49.0 Å². The molecule has 0 radical (unpaired) electrons. The van der Waals surface area contributed by atoms with Gasteiger partial charge in [-0.25, -0.2) is 0 Å². The first-order valence-corrected chi connectivity index (χ1v) is 7.22. The number of aromatic nitrogens is 2. The minimum absolute atomic E-state index is 0.169. The van der Waals surface area contributed by atoms with Gasteiger partial charge in [0.1, 0.15) is 0 Å². The van der Waals surface area contributed by atoms with E-state index in [1.54, 1.807) is 0 Å². The van der Waals surface area contributed by atoms with Crippen LogP contribution in [-0.4, -0.2) is 15.3 Å². The predicted molar refractivity (Wildman–Crippen MR) is 75.5 cm³/mol. The van der Waals surface area contributed by atoms with Gasteiger partial charge in [0.25, 0.3) is 0 Å². The van der Waals surface area contributed by atoms with E-state index in [4.69, 9.17) is 0 Å². The minimum Gasteiger partial charge on any atom is -0.308 e. The van der Waals surface area contributed by atoms with Crippen LogP contribution in [0.2, 0.25) is 0 Å². The summed E-state index contributed by atoms with van der Waals surface area (Å²) in [5, 5.41) is 8.05. The first kappa shape index (κ1) is 13.6. The van der Waals surface area contributed by atoms with Crippen LogP contribution >= 0.6 is 0 Å². The Morgan fingerprint density at radius 1 is 1.28 bits per heavy atom. The molecule has 0 spiro atoms. The second-order valence-electron chi connectivity index (χ2n) is 6.85. The van der Waals surface area contributed by atoms with E-state index in [0.717, 1.165) is 12.5 Å². The Morgan fingerprint density at radius 2 is 1.94 bits per heavy atom. The lowest BCUT2D eigenvalue weighted by atomic mass is 9.87. The van der Waals surface area contributed by atoms with Crippen molar-refractivity contribution in [3.63, 3.8) is 0 Å². The van der Waals surface area contributed by atoms with Crippen molar-refractivity contribution in [3.8, 4) is 0 Å². The summed E-state index contributed by atoms with van der Waals surface area (Å²) in [6, 6.07) is 0.629. The monoisotopic (exact) mass is 249 g/mol. The van der Waals surface area contributed by atoms with E-state index in [-0.39, 0.29) is 5.54 Å². The van der Waals surface area contributed by atoms with E-state index in [1.165, 1.54) is 31.2 Å². The van der Waals surface area contributed by atoms with Crippen LogP contribution in [0.25, 0.3) is 0 Å². The lowest BCUT2D eigenvalue weighted by Crippen LogP contribution is -2.34. The van der Waals surface area contributed by atoms with Crippen LogP contribution < -0.4 is 5.32 Å². The fraction of sp³-hybridized carbons (Fsp3) is 0.800. The first-order chi connectivity index (χ1) is 8.44. The molecule has 0 bridgehead atoms. The summed E-state index contributed by atoms with van der Waals surface area (Å²) < 4.78 is 2.19. The molecule has 1 aromatic rings. The normalized spacial score (nSPS) is 25.3. The van der Waals surface area contributed by atoms with E-state index in [9.17, 15) is 0 Å². The van der Waals surface area contributed by atoms with Gasteiger partial charge in [0.05, 0.1) is 12.2 Å². The highest BCUT2D eigenvalue weighted by Crippen LogP contribution is 2.31. The molecule has 1 aliphatic carbocycles. The van der Waals surface area contributed by atoms with Crippen LogP contribution in [-0.2, 0) is 6.54 Å². The molecule has 1 aromatic heterocycles. The summed E-state index contributed by atoms with van der Waals surface area (Å²) in [6.07, 6.45) is 9.50. The lowest BCUT2D eigenvalue weighted by Gasteiger charge is -2.26. The molecule has 1 saturated carbocycles. The summed E-state index contributed by atoms with van der Waals surface area (Å²) in [6.45, 7) is 9.85. The van der Waals surface area contributed by atoms with Crippen LogP contribution in [0, 0.1) is 5.92 Å². The molecule has 0 aromatic carbocycles. The zero-order chi connectivity index (χ0) is 13.2. The van der Waals surface area contributed by atoms with Crippen molar-refractivity contribution < 1.29 is 0 Å². The van der Waals surface area contributed by atoms with Crippen LogP contribution in [0.3, 0.4) is 0 Å². The Hall–Kier alpha value is -0.830. The largest absolute Gasteiger partial charge is 0.308 e. The third kappa shape index (κ3) is 3.84. The molecule has 102 valence electrons. The Labute approximate surface area is 111 Å². The van der Waals surface area contributed by atoms with Crippen LogP contribution in [0.15, 0.2) is 12.4 Å². The van der Waals surface area contributed by atoms with Crippen molar-refractivity contribution in [3.05, 3.63) is 18.0 Å². The van der Waals surface area contributed by atoms with Crippen molar-refractivity contribution in [2.45, 2.75) is 71.5 Å². The molecule has 1 N–H and O–H groups in total. The molecule has 0 atom stereocenters. The SMILES string of the molecule is CC1CCC(n2cc(CNC(C)(C)C)cn2)CC1. The molecule has 3 heteroatoms. The van der Waals surface area contributed by atoms with E-state index in [1.807, 2.05) is 6.20 Å². The highest BCUT2D eigenvalue weighted by molar-refractivity contribution is 5.05. The van der Waals surface area contributed by atoms with Gasteiger partial charge >= 0.3 is 0 Å². The molecule has 1 fully saturated rings. The maximum absolute atomic E-state index is 4.54. The molecule has 0 unspecified atom stereocenters. The van der Waals surface area contributed by atoms with Crippen molar-refractivity contribution in [1.82, 2.24) is 15.1 Å². The molecule has 1 aliphatic rings. The highest BCUT2D eigenvalue weighted by atomic mass is 15.3. The average Bonchev–Trinajstić information content (AvgIpc) is 2.75. The fourth-order valence-electron chi connectivity index (χ4n) is 2.54. The lowest BCUT2D eigenvalue weighted by molar-refractivity contribution is 0.274. The summed E-state index contributed by atoms with van der Waals surface area (Å²) in [5.41, 5.74) is 1.46. The van der Waals surface area contributed by atoms with Gasteiger partial charge in [-0.1, -0.05) is 6.92 Å². The van der Waals surface area contributed by atoms with Crippen molar-refractivity contribution in [2.24, 2.45) is 5.92 Å². The van der Waals surface area contributed by atoms with Gasteiger partial charge < -0.3 is 5.32 Å². The summed E-state index contributed by atoms with van der Waals surface area (Å²) in [4.78, 5) is 0. The zero-order valence-electron chi connectivity index (χ0n) is 12.2. The third-order valence-electron chi connectivity index (χ3n) is 3.84. The number of nitrogens with one attached hydrogen (secondary N) is 1. The molecule has 0 amide bonds. The standard InChI is InChI=1S/C15H27N3/c1-12-5-7-14(8-6-12)18-11-13(10-17-18)9-16-15(2,3)4/h10-12,14,16H,5-9H2,1-4H3. The van der Waals surface area contributed by atoms with Gasteiger partial charge in [-0.2, -0.15) is 5.10 Å². The van der Waals surface area contributed by atoms with Crippen LogP contribution in [0.4, 0.5) is 0 Å². The maximum Gasteiger partial charge on any atom is 0.0534 e. The second-order valence-corrected chi connectivity index (χ2v) is 6.85. The molecule has 0 saturated heterocycles. The van der Waals surface area contributed by atoms with Gasteiger partial charge in [0, 0.05) is 23.8 Å². The molecule has 3 nitrogen and oxygen atoms in total. The summed E-state index contributed by atoms with van der Waals surface area (Å²) >= 11 is 0. The Balaban J connectivity index is 1.90. The quantitative estimate of drug-likeness (QED) is 0.888. The molecule has 1 heterocycles. The average molecular weight is 249 g/mol. The molecular weight excluding hydrogens is 222 g/mol. The topological polar surface area (TPSA) is 29.9 Å².